The van der Waals surface area contributed by atoms with E-state index in [1.165, 1.54) is 38.6 Å². The molecule has 0 atom stereocenters. The number of rotatable bonds is 6. The number of phenols is 1. The number of carboxylic acids is 1. The lowest BCUT2D eigenvalue weighted by atomic mass is 9.99. The number of phenolic OH excluding ortho intramolecular Hbond substituents is 1. The molecule has 174 valence electrons. The number of aromatic nitrogens is 2. The van der Waals surface area contributed by atoms with Gasteiger partial charge in [0, 0.05) is 18.0 Å². The lowest BCUT2D eigenvalue weighted by Crippen LogP contribution is -2.18. The van der Waals surface area contributed by atoms with Crippen molar-refractivity contribution in [1.29, 1.82) is 0 Å². The third-order valence-corrected chi connectivity index (χ3v) is 5.20. The number of benzene rings is 2. The maximum Gasteiger partial charge on any atom is 0.347 e. The predicted octanol–water partition coefficient (Wildman–Crippen LogP) is 3.13. The molecule has 2 aromatic carbocycles. The summed E-state index contributed by atoms with van der Waals surface area (Å²) >= 11 is 0. The van der Waals surface area contributed by atoms with Crippen LogP contribution in [0.15, 0.2) is 30.6 Å². The van der Waals surface area contributed by atoms with E-state index in [0.717, 1.165) is 0 Å². The number of nitrogens with zero attached hydrogens (tertiary/aromatic N) is 2. The summed E-state index contributed by atoms with van der Waals surface area (Å²) in [6.45, 7) is 2.75. The van der Waals surface area contributed by atoms with E-state index in [1.54, 1.807) is 13.0 Å². The highest BCUT2D eigenvalue weighted by Crippen LogP contribution is 2.48. The Balaban J connectivity index is 1.87. The fourth-order valence-corrected chi connectivity index (χ4v) is 3.58. The second-order valence-electron chi connectivity index (χ2n) is 7.35. The van der Waals surface area contributed by atoms with Gasteiger partial charge in [0.15, 0.2) is 23.0 Å². The van der Waals surface area contributed by atoms with Crippen molar-refractivity contribution in [3.8, 4) is 28.7 Å². The molecule has 1 aliphatic rings. The van der Waals surface area contributed by atoms with Crippen LogP contribution in [0, 0.1) is 13.8 Å². The van der Waals surface area contributed by atoms with E-state index in [4.69, 9.17) is 14.2 Å². The number of carboxylic acid groups (broad SMARTS) is 1. The number of aromatic hydroxyl groups is 1. The quantitative estimate of drug-likeness (QED) is 0.279. The predicted molar refractivity (Wildman–Crippen MR) is 117 cm³/mol. The molecule has 0 saturated carbocycles. The van der Waals surface area contributed by atoms with Gasteiger partial charge in [-0.2, -0.15) is 0 Å². The smallest absolute Gasteiger partial charge is 0.347 e. The first kappa shape index (κ1) is 22.5. The Kier molecular flexibility index (Phi) is 5.76. The number of ether oxygens (including phenoxy) is 3. The van der Waals surface area contributed by atoms with Gasteiger partial charge >= 0.3 is 11.9 Å². The summed E-state index contributed by atoms with van der Waals surface area (Å²) in [6, 6.07) is 4.06. The van der Waals surface area contributed by atoms with Gasteiger partial charge in [-0.15, -0.1) is 0 Å². The normalized spacial score (nSPS) is 11.9. The Bertz CT molecular complexity index is 1340. The number of carbonyl (C=O) groups excluding carboxylic acids is 2. The highest BCUT2D eigenvalue weighted by atomic mass is 16.6. The number of methoxy groups -OCH3 is 1. The molecule has 1 aliphatic heterocycles. The first-order chi connectivity index (χ1) is 16.2. The number of aryl methyl sites for hydroxylation is 1. The van der Waals surface area contributed by atoms with Gasteiger partial charge in [0.2, 0.25) is 5.95 Å². The number of carbonyl (C=O) groups is 3. The maximum absolute atomic E-state index is 13.1. The largest absolute Gasteiger partial charge is 0.507 e. The van der Waals surface area contributed by atoms with E-state index < -0.39 is 23.5 Å². The highest BCUT2D eigenvalue weighted by molar-refractivity contribution is 6.09. The summed E-state index contributed by atoms with van der Waals surface area (Å²) in [6.07, 6.45) is 2.96. The summed E-state index contributed by atoms with van der Waals surface area (Å²) in [4.78, 5) is 46.0. The summed E-state index contributed by atoms with van der Waals surface area (Å²) in [5.74, 6) is -3.78. The molecule has 0 saturated heterocycles. The minimum absolute atomic E-state index is 0.122. The minimum atomic E-state index is -1.37. The van der Waals surface area contributed by atoms with Gasteiger partial charge in [-0.05, 0) is 37.6 Å². The van der Waals surface area contributed by atoms with Crippen molar-refractivity contribution in [3.05, 3.63) is 58.4 Å². The van der Waals surface area contributed by atoms with E-state index in [1.807, 2.05) is 0 Å². The first-order valence-electron chi connectivity index (χ1n) is 9.98. The molecule has 2 heterocycles. The standard InChI is InChI=1S/C23H19N3O8/c1-10-7-13(27)17(14(28)9-26-23-24-5-4-6-25-23)20-16(10)22(31)34-18-11(2)15(32-3)8-12(21(29)30)19(18)33-20/h4-8,27H,9H2,1-3H3,(H,29,30)(H,24,25,26). The number of Topliss-reactive ketones (excluding diaryl/α,β-unsaturated/α-hetero) is 1. The summed E-state index contributed by atoms with van der Waals surface area (Å²) in [5.41, 5.74) is -0.209. The highest BCUT2D eigenvalue weighted by Gasteiger charge is 2.35. The molecule has 0 spiro atoms. The Morgan fingerprint density at radius 2 is 1.79 bits per heavy atom. The minimum Gasteiger partial charge on any atom is -0.507 e. The number of aromatic carboxylic acids is 1. The van der Waals surface area contributed by atoms with E-state index >= 15 is 0 Å². The summed E-state index contributed by atoms with van der Waals surface area (Å²) in [7, 11) is 1.34. The van der Waals surface area contributed by atoms with Crippen LogP contribution in [-0.2, 0) is 0 Å². The van der Waals surface area contributed by atoms with Gasteiger partial charge in [-0.3, -0.25) is 4.79 Å². The lowest BCUT2D eigenvalue weighted by Gasteiger charge is -2.17. The summed E-state index contributed by atoms with van der Waals surface area (Å²) < 4.78 is 16.6. The van der Waals surface area contributed by atoms with Gasteiger partial charge in [0.05, 0.1) is 13.7 Å². The fourth-order valence-electron chi connectivity index (χ4n) is 3.58. The Morgan fingerprint density at radius 1 is 1.09 bits per heavy atom. The average molecular weight is 465 g/mol. The zero-order valence-electron chi connectivity index (χ0n) is 18.3. The number of nitrogens with one attached hydrogen (secondary N) is 1. The molecule has 11 nitrogen and oxygen atoms in total. The molecule has 0 unspecified atom stereocenters. The number of esters is 1. The topological polar surface area (TPSA) is 157 Å². The van der Waals surface area contributed by atoms with Crippen LogP contribution >= 0.6 is 0 Å². The zero-order chi connectivity index (χ0) is 24.6. The van der Waals surface area contributed by atoms with Gasteiger partial charge < -0.3 is 29.7 Å². The van der Waals surface area contributed by atoms with Crippen LogP contribution in [0.25, 0.3) is 0 Å². The molecule has 0 fully saturated rings. The second-order valence-corrected chi connectivity index (χ2v) is 7.35. The molecular weight excluding hydrogens is 446 g/mol. The first-order valence-corrected chi connectivity index (χ1v) is 9.98. The van der Waals surface area contributed by atoms with Gasteiger partial charge in [0.1, 0.15) is 28.2 Å². The van der Waals surface area contributed by atoms with Gasteiger partial charge in [-0.25, -0.2) is 19.6 Å². The Morgan fingerprint density at radius 3 is 2.44 bits per heavy atom. The van der Waals surface area contributed by atoms with E-state index in [9.17, 15) is 24.6 Å². The molecule has 4 rings (SSSR count). The number of anilines is 1. The SMILES string of the molecule is COc1cc(C(=O)O)c2c(c1C)OC(=O)c1c(C)cc(O)c(C(=O)CNc3ncccn3)c1O2. The van der Waals surface area contributed by atoms with E-state index in [0.29, 0.717) is 5.56 Å². The number of fused-ring (bicyclic) bond motifs is 2. The van der Waals surface area contributed by atoms with Crippen LogP contribution in [0.3, 0.4) is 0 Å². The Hall–Kier alpha value is -4.67. The molecule has 3 N–H and O–H groups in total. The van der Waals surface area contributed by atoms with Crippen molar-refractivity contribution in [2.45, 2.75) is 13.8 Å². The number of ketones is 1. The molecule has 0 amide bonds. The van der Waals surface area contributed by atoms with Crippen molar-refractivity contribution < 1.29 is 38.8 Å². The van der Waals surface area contributed by atoms with Crippen molar-refractivity contribution >= 4 is 23.7 Å². The van der Waals surface area contributed by atoms with Crippen molar-refractivity contribution in [3.63, 3.8) is 0 Å². The third kappa shape index (κ3) is 3.83. The van der Waals surface area contributed by atoms with Crippen molar-refractivity contribution in [2.24, 2.45) is 0 Å². The van der Waals surface area contributed by atoms with Crippen LogP contribution in [0.5, 0.6) is 28.7 Å². The van der Waals surface area contributed by atoms with Crippen LogP contribution < -0.4 is 19.5 Å². The number of hydrogen-bond donors (Lipinski definition) is 3. The monoisotopic (exact) mass is 465 g/mol. The molecule has 1 aromatic heterocycles. The Labute approximate surface area is 192 Å². The lowest BCUT2D eigenvalue weighted by molar-refractivity contribution is 0.0685. The van der Waals surface area contributed by atoms with E-state index in [2.05, 4.69) is 15.3 Å². The van der Waals surface area contributed by atoms with Crippen LogP contribution in [-0.4, -0.2) is 51.6 Å². The second kappa shape index (κ2) is 8.70. The van der Waals surface area contributed by atoms with Crippen LogP contribution in [0.2, 0.25) is 0 Å². The molecule has 11 heteroatoms. The molecule has 0 radical (unpaired) electrons. The molecule has 3 aromatic rings. The summed E-state index contributed by atoms with van der Waals surface area (Å²) in [5, 5.41) is 23.1. The van der Waals surface area contributed by atoms with Gasteiger partial charge in [-0.1, -0.05) is 0 Å². The van der Waals surface area contributed by atoms with Gasteiger partial charge in [0.25, 0.3) is 0 Å². The average Bonchev–Trinajstić information content (AvgIpc) is 2.95. The van der Waals surface area contributed by atoms with Crippen LogP contribution in [0.1, 0.15) is 42.2 Å². The van der Waals surface area contributed by atoms with Crippen LogP contribution in [0.4, 0.5) is 5.95 Å². The number of hydrogen-bond acceptors (Lipinski definition) is 10. The molecule has 0 aliphatic carbocycles. The molecule has 34 heavy (non-hydrogen) atoms. The zero-order valence-corrected chi connectivity index (χ0v) is 18.3. The fraction of sp³-hybridized carbons (Fsp3) is 0.174. The maximum atomic E-state index is 13.1. The van der Waals surface area contributed by atoms with Crippen molar-refractivity contribution in [2.75, 3.05) is 19.0 Å². The molecule has 0 bridgehead atoms. The third-order valence-electron chi connectivity index (χ3n) is 5.20. The van der Waals surface area contributed by atoms with Crippen molar-refractivity contribution in [1.82, 2.24) is 9.97 Å². The molecular formula is C23H19N3O8. The van der Waals surface area contributed by atoms with E-state index in [-0.39, 0.29) is 57.7 Å².